The van der Waals surface area contributed by atoms with E-state index in [0.717, 1.165) is 11.4 Å². The fourth-order valence-corrected chi connectivity index (χ4v) is 2.01. The third-order valence-electron chi connectivity index (χ3n) is 3.13. The molecule has 1 aromatic carbocycles. The van der Waals surface area contributed by atoms with E-state index >= 15 is 0 Å². The van der Waals surface area contributed by atoms with Crippen molar-refractivity contribution in [1.29, 1.82) is 0 Å². The standard InChI is InChI=1S/C16H21N3O2/c1-16(2,3)13(14-17-9-10-18-14)19-15(20)21-11-12-7-5-4-6-8-12/h4-10,13H,11H2,1-3H3,(H,17,18)(H,19,20)/t13-/m1/s1. The molecule has 0 spiro atoms. The highest BCUT2D eigenvalue weighted by atomic mass is 16.5. The maximum absolute atomic E-state index is 12.0. The van der Waals surface area contributed by atoms with E-state index in [2.05, 4.69) is 15.3 Å². The van der Waals surface area contributed by atoms with Gasteiger partial charge in [0.25, 0.3) is 0 Å². The number of ether oxygens (including phenoxy) is 1. The van der Waals surface area contributed by atoms with Crippen LogP contribution in [0, 0.1) is 5.41 Å². The van der Waals surface area contributed by atoms with Gasteiger partial charge in [-0.2, -0.15) is 0 Å². The number of benzene rings is 1. The zero-order valence-corrected chi connectivity index (χ0v) is 12.6. The Morgan fingerprint density at radius 1 is 1.33 bits per heavy atom. The fraction of sp³-hybridized carbons (Fsp3) is 0.375. The maximum atomic E-state index is 12.0. The molecular formula is C16H21N3O2. The minimum absolute atomic E-state index is 0.177. The lowest BCUT2D eigenvalue weighted by atomic mass is 9.86. The lowest BCUT2D eigenvalue weighted by molar-refractivity contribution is 0.125. The van der Waals surface area contributed by atoms with E-state index < -0.39 is 6.09 Å². The number of aromatic amines is 1. The first-order valence-electron chi connectivity index (χ1n) is 6.93. The number of hydrogen-bond acceptors (Lipinski definition) is 3. The Morgan fingerprint density at radius 3 is 2.62 bits per heavy atom. The molecule has 0 aliphatic carbocycles. The Balaban J connectivity index is 1.96. The molecule has 0 saturated heterocycles. The van der Waals surface area contributed by atoms with Crippen molar-refractivity contribution in [3.8, 4) is 0 Å². The van der Waals surface area contributed by atoms with Crippen molar-refractivity contribution in [2.75, 3.05) is 0 Å². The molecule has 5 nitrogen and oxygen atoms in total. The molecule has 21 heavy (non-hydrogen) atoms. The summed E-state index contributed by atoms with van der Waals surface area (Å²) in [4.78, 5) is 19.3. The van der Waals surface area contributed by atoms with E-state index in [1.54, 1.807) is 12.4 Å². The van der Waals surface area contributed by atoms with Gasteiger partial charge in [0.1, 0.15) is 12.4 Å². The summed E-state index contributed by atoms with van der Waals surface area (Å²) in [6, 6.07) is 9.35. The van der Waals surface area contributed by atoms with E-state index in [1.807, 2.05) is 51.1 Å². The van der Waals surface area contributed by atoms with Crippen LogP contribution in [0.25, 0.3) is 0 Å². The summed E-state index contributed by atoms with van der Waals surface area (Å²) < 4.78 is 5.26. The van der Waals surface area contributed by atoms with Crippen molar-refractivity contribution in [1.82, 2.24) is 15.3 Å². The number of imidazole rings is 1. The molecule has 0 aliphatic heterocycles. The second-order valence-corrected chi connectivity index (χ2v) is 5.98. The predicted octanol–water partition coefficient (Wildman–Crippen LogP) is 3.42. The number of hydrogen-bond donors (Lipinski definition) is 2. The Bertz CT molecular complexity index is 559. The number of H-pyrrole nitrogens is 1. The first-order valence-corrected chi connectivity index (χ1v) is 6.93. The summed E-state index contributed by atoms with van der Waals surface area (Å²) in [7, 11) is 0. The number of amides is 1. The summed E-state index contributed by atoms with van der Waals surface area (Å²) in [5.74, 6) is 0.721. The molecule has 0 bridgehead atoms. The monoisotopic (exact) mass is 287 g/mol. The highest BCUT2D eigenvalue weighted by Gasteiger charge is 2.30. The number of nitrogens with one attached hydrogen (secondary N) is 2. The van der Waals surface area contributed by atoms with Gasteiger partial charge in [0, 0.05) is 12.4 Å². The molecule has 2 rings (SSSR count). The summed E-state index contributed by atoms with van der Waals surface area (Å²) in [6.07, 6.45) is 2.96. The largest absolute Gasteiger partial charge is 0.445 e. The molecule has 5 heteroatoms. The second-order valence-electron chi connectivity index (χ2n) is 5.98. The molecule has 0 radical (unpaired) electrons. The summed E-state index contributed by atoms with van der Waals surface area (Å²) in [5, 5.41) is 2.87. The van der Waals surface area contributed by atoms with Crippen molar-refractivity contribution in [3.63, 3.8) is 0 Å². The van der Waals surface area contributed by atoms with Crippen LogP contribution >= 0.6 is 0 Å². The lowest BCUT2D eigenvalue weighted by Crippen LogP contribution is -2.37. The van der Waals surface area contributed by atoms with Crippen LogP contribution in [0.5, 0.6) is 0 Å². The van der Waals surface area contributed by atoms with Gasteiger partial charge in [-0.15, -0.1) is 0 Å². The predicted molar refractivity (Wildman–Crippen MR) is 80.5 cm³/mol. The van der Waals surface area contributed by atoms with E-state index in [9.17, 15) is 4.79 Å². The second kappa shape index (κ2) is 6.43. The Labute approximate surface area is 124 Å². The number of rotatable bonds is 4. The Morgan fingerprint density at radius 2 is 2.05 bits per heavy atom. The molecular weight excluding hydrogens is 266 g/mol. The molecule has 1 amide bonds. The third kappa shape index (κ3) is 4.34. The first-order chi connectivity index (χ1) is 9.97. The number of aromatic nitrogens is 2. The van der Waals surface area contributed by atoms with Crippen LogP contribution in [0.15, 0.2) is 42.7 Å². The van der Waals surface area contributed by atoms with Crippen molar-refractivity contribution in [2.45, 2.75) is 33.4 Å². The third-order valence-corrected chi connectivity index (χ3v) is 3.13. The average molecular weight is 287 g/mol. The van der Waals surface area contributed by atoms with E-state index in [0.29, 0.717) is 0 Å². The molecule has 1 atom stereocenters. The van der Waals surface area contributed by atoms with Crippen molar-refractivity contribution < 1.29 is 9.53 Å². The normalized spacial score (nSPS) is 12.7. The molecule has 0 unspecified atom stereocenters. The van der Waals surface area contributed by atoms with Gasteiger partial charge < -0.3 is 15.0 Å². The summed E-state index contributed by atoms with van der Waals surface area (Å²) in [6.45, 7) is 6.37. The van der Waals surface area contributed by atoms with Crippen molar-refractivity contribution >= 4 is 6.09 Å². The quantitative estimate of drug-likeness (QED) is 0.905. The van der Waals surface area contributed by atoms with Crippen molar-refractivity contribution in [3.05, 3.63) is 54.1 Å². The molecule has 0 fully saturated rings. The number of nitrogens with zero attached hydrogens (tertiary/aromatic N) is 1. The number of carbonyl (C=O) groups excluding carboxylic acids is 1. The van der Waals surface area contributed by atoms with Crippen LogP contribution in [0.2, 0.25) is 0 Å². The van der Waals surface area contributed by atoms with Crippen LogP contribution < -0.4 is 5.32 Å². The van der Waals surface area contributed by atoms with Gasteiger partial charge in [-0.25, -0.2) is 9.78 Å². The molecule has 112 valence electrons. The van der Waals surface area contributed by atoms with E-state index in [-0.39, 0.29) is 18.1 Å². The van der Waals surface area contributed by atoms with Gasteiger partial charge in [0.2, 0.25) is 0 Å². The Kier molecular flexibility index (Phi) is 4.62. The topological polar surface area (TPSA) is 67.0 Å². The zero-order valence-electron chi connectivity index (χ0n) is 12.6. The minimum Gasteiger partial charge on any atom is -0.445 e. The van der Waals surface area contributed by atoms with E-state index in [4.69, 9.17) is 4.74 Å². The van der Waals surface area contributed by atoms with Gasteiger partial charge in [0.05, 0.1) is 6.04 Å². The SMILES string of the molecule is CC(C)(C)[C@H](NC(=O)OCc1ccccc1)c1ncc[nH]1. The van der Waals surface area contributed by atoms with Crippen molar-refractivity contribution in [2.24, 2.45) is 5.41 Å². The van der Waals surface area contributed by atoms with Crippen LogP contribution in [0.4, 0.5) is 4.79 Å². The molecule has 2 N–H and O–H groups in total. The molecule has 1 heterocycles. The van der Waals surface area contributed by atoms with Gasteiger partial charge in [0.15, 0.2) is 0 Å². The average Bonchev–Trinajstić information content (AvgIpc) is 2.96. The first kappa shape index (κ1) is 15.1. The highest BCUT2D eigenvalue weighted by molar-refractivity contribution is 5.67. The van der Waals surface area contributed by atoms with Crippen LogP contribution in [0.1, 0.15) is 38.2 Å². The van der Waals surface area contributed by atoms with Crippen LogP contribution in [-0.4, -0.2) is 16.1 Å². The van der Waals surface area contributed by atoms with E-state index in [1.165, 1.54) is 0 Å². The fourth-order valence-electron chi connectivity index (χ4n) is 2.01. The summed E-state index contributed by atoms with van der Waals surface area (Å²) >= 11 is 0. The number of carbonyl (C=O) groups is 1. The van der Waals surface area contributed by atoms with Gasteiger partial charge in [-0.1, -0.05) is 51.1 Å². The molecule has 0 saturated carbocycles. The maximum Gasteiger partial charge on any atom is 0.408 e. The smallest absolute Gasteiger partial charge is 0.408 e. The number of alkyl carbamates (subject to hydrolysis) is 1. The highest BCUT2D eigenvalue weighted by Crippen LogP contribution is 2.30. The lowest BCUT2D eigenvalue weighted by Gasteiger charge is -2.29. The molecule has 2 aromatic rings. The van der Waals surface area contributed by atoms with Gasteiger partial charge in [-0.05, 0) is 11.0 Å². The summed E-state index contributed by atoms with van der Waals surface area (Å²) in [5.41, 5.74) is 0.779. The minimum atomic E-state index is -0.449. The molecule has 0 aliphatic rings. The van der Waals surface area contributed by atoms with Crippen LogP contribution in [0.3, 0.4) is 0 Å². The molecule has 1 aromatic heterocycles. The zero-order chi connectivity index (χ0) is 15.3. The van der Waals surface area contributed by atoms with Gasteiger partial charge >= 0.3 is 6.09 Å². The Hall–Kier alpha value is -2.30. The van der Waals surface area contributed by atoms with Gasteiger partial charge in [-0.3, -0.25) is 0 Å². The van der Waals surface area contributed by atoms with Crippen LogP contribution in [-0.2, 0) is 11.3 Å².